The Balaban J connectivity index is 2.01. The van der Waals surface area contributed by atoms with Crippen molar-refractivity contribution in [3.8, 4) is 28.3 Å². The number of halogens is 4. The second-order valence-electron chi connectivity index (χ2n) is 5.52. The van der Waals surface area contributed by atoms with Gasteiger partial charge in [-0.05, 0) is 41.8 Å². The van der Waals surface area contributed by atoms with Crippen molar-refractivity contribution in [2.45, 2.75) is 0 Å². The molecule has 0 aliphatic carbocycles. The third-order valence-corrected chi connectivity index (χ3v) is 5.19. The molecule has 0 atom stereocenters. The van der Waals surface area contributed by atoms with Gasteiger partial charge in [0.15, 0.2) is 5.82 Å². The van der Waals surface area contributed by atoms with Gasteiger partial charge < -0.3 is 0 Å². The van der Waals surface area contributed by atoms with Crippen LogP contribution >= 0.6 is 34.5 Å². The number of thiophene rings is 1. The van der Waals surface area contributed by atoms with Crippen LogP contribution < -0.4 is 0 Å². The van der Waals surface area contributed by atoms with E-state index in [2.05, 4.69) is 4.98 Å². The van der Waals surface area contributed by atoms with Crippen LogP contribution in [0.5, 0.6) is 0 Å². The summed E-state index contributed by atoms with van der Waals surface area (Å²) in [5, 5.41) is 3.83. The molecule has 2 aromatic carbocycles. The molecule has 0 aliphatic heterocycles. The van der Waals surface area contributed by atoms with Crippen molar-refractivity contribution in [3.05, 3.63) is 81.1 Å². The number of imidazole rings is 1. The largest absolute Gasteiger partial charge is 0.289 e. The zero-order chi connectivity index (χ0) is 18.3. The van der Waals surface area contributed by atoms with Crippen LogP contribution in [0, 0.1) is 11.6 Å². The number of rotatable bonds is 3. The van der Waals surface area contributed by atoms with Crippen LogP contribution in [-0.2, 0) is 0 Å². The molecule has 7 heteroatoms. The lowest BCUT2D eigenvalue weighted by molar-refractivity contribution is 0.619. The van der Waals surface area contributed by atoms with Crippen LogP contribution in [0.15, 0.2) is 59.4 Å². The Morgan fingerprint density at radius 2 is 1.81 bits per heavy atom. The first-order valence-electron chi connectivity index (χ1n) is 7.56. The van der Waals surface area contributed by atoms with E-state index in [1.54, 1.807) is 29.0 Å². The van der Waals surface area contributed by atoms with Gasteiger partial charge >= 0.3 is 0 Å². The standard InChI is InChI=1S/C19H10Cl2F2N2S/c20-13-2-1-3-16(18(13)23)25-17(11-4-5-15(22)14(21)8-11)9-24-19(25)12-6-7-26-10-12/h1-10H. The van der Waals surface area contributed by atoms with Gasteiger partial charge in [0, 0.05) is 16.5 Å². The van der Waals surface area contributed by atoms with E-state index in [-0.39, 0.29) is 15.7 Å². The molecule has 0 unspecified atom stereocenters. The Morgan fingerprint density at radius 3 is 2.54 bits per heavy atom. The molecule has 4 rings (SSSR count). The van der Waals surface area contributed by atoms with E-state index in [4.69, 9.17) is 23.2 Å². The van der Waals surface area contributed by atoms with Gasteiger partial charge in [0.2, 0.25) is 0 Å². The van der Waals surface area contributed by atoms with Crippen molar-refractivity contribution >= 4 is 34.5 Å². The van der Waals surface area contributed by atoms with Crippen molar-refractivity contribution in [1.29, 1.82) is 0 Å². The normalized spacial score (nSPS) is 11.1. The quantitative estimate of drug-likeness (QED) is 0.363. The van der Waals surface area contributed by atoms with Crippen molar-refractivity contribution in [2.24, 2.45) is 0 Å². The Morgan fingerprint density at radius 1 is 0.962 bits per heavy atom. The van der Waals surface area contributed by atoms with Gasteiger partial charge in [-0.3, -0.25) is 4.57 Å². The van der Waals surface area contributed by atoms with Gasteiger partial charge in [0.1, 0.15) is 11.6 Å². The molecule has 0 bridgehead atoms. The summed E-state index contributed by atoms with van der Waals surface area (Å²) in [6.45, 7) is 0. The molecule has 0 spiro atoms. The lowest BCUT2D eigenvalue weighted by Crippen LogP contribution is -2.03. The maximum atomic E-state index is 14.8. The van der Waals surface area contributed by atoms with E-state index < -0.39 is 11.6 Å². The number of hydrogen-bond donors (Lipinski definition) is 0. The first kappa shape index (κ1) is 17.2. The van der Waals surface area contributed by atoms with Crippen LogP contribution in [-0.4, -0.2) is 9.55 Å². The van der Waals surface area contributed by atoms with Gasteiger partial charge in [-0.2, -0.15) is 11.3 Å². The van der Waals surface area contributed by atoms with Crippen molar-refractivity contribution in [1.82, 2.24) is 9.55 Å². The van der Waals surface area contributed by atoms with Gasteiger partial charge in [-0.1, -0.05) is 29.3 Å². The third-order valence-electron chi connectivity index (χ3n) is 3.93. The lowest BCUT2D eigenvalue weighted by Gasteiger charge is -2.14. The Labute approximate surface area is 162 Å². The first-order chi connectivity index (χ1) is 12.6. The zero-order valence-electron chi connectivity index (χ0n) is 13.1. The molecule has 4 aromatic rings. The second kappa shape index (κ2) is 6.83. The molecular formula is C19H10Cl2F2N2S. The molecule has 0 saturated heterocycles. The van der Waals surface area contributed by atoms with E-state index in [1.807, 2.05) is 16.8 Å². The summed E-state index contributed by atoms with van der Waals surface area (Å²) in [6, 6.07) is 11.0. The highest BCUT2D eigenvalue weighted by molar-refractivity contribution is 7.08. The Hall–Kier alpha value is -2.21. The molecule has 0 radical (unpaired) electrons. The molecule has 2 heterocycles. The monoisotopic (exact) mass is 406 g/mol. The molecule has 2 aromatic heterocycles. The number of hydrogen-bond acceptors (Lipinski definition) is 2. The summed E-state index contributed by atoms with van der Waals surface area (Å²) in [4.78, 5) is 4.46. The fourth-order valence-corrected chi connectivity index (χ4v) is 3.70. The molecule has 0 amide bonds. The lowest BCUT2D eigenvalue weighted by atomic mass is 10.1. The number of nitrogens with zero attached hydrogens (tertiary/aromatic N) is 2. The Bertz CT molecular complexity index is 1090. The highest BCUT2D eigenvalue weighted by atomic mass is 35.5. The number of aromatic nitrogens is 2. The summed E-state index contributed by atoms with van der Waals surface area (Å²) in [6.07, 6.45) is 1.61. The maximum absolute atomic E-state index is 14.8. The van der Waals surface area contributed by atoms with Gasteiger partial charge in [0.25, 0.3) is 0 Å². The number of benzene rings is 2. The topological polar surface area (TPSA) is 17.8 Å². The van der Waals surface area contributed by atoms with E-state index >= 15 is 0 Å². The van der Waals surface area contributed by atoms with E-state index in [0.29, 0.717) is 17.1 Å². The summed E-state index contributed by atoms with van der Waals surface area (Å²) in [5.41, 5.74) is 2.29. The van der Waals surface area contributed by atoms with Crippen LogP contribution in [0.1, 0.15) is 0 Å². The molecule has 26 heavy (non-hydrogen) atoms. The average Bonchev–Trinajstić information content (AvgIpc) is 3.29. The van der Waals surface area contributed by atoms with Crippen LogP contribution in [0.25, 0.3) is 28.3 Å². The van der Waals surface area contributed by atoms with E-state index in [9.17, 15) is 8.78 Å². The molecule has 0 saturated carbocycles. The van der Waals surface area contributed by atoms with Gasteiger partial charge in [0.05, 0.1) is 27.6 Å². The molecule has 0 fully saturated rings. The molecule has 2 nitrogen and oxygen atoms in total. The van der Waals surface area contributed by atoms with Crippen LogP contribution in [0.2, 0.25) is 10.0 Å². The average molecular weight is 407 g/mol. The Kier molecular flexibility index (Phi) is 4.53. The smallest absolute Gasteiger partial charge is 0.165 e. The van der Waals surface area contributed by atoms with E-state index in [1.165, 1.54) is 29.5 Å². The van der Waals surface area contributed by atoms with Gasteiger partial charge in [-0.15, -0.1) is 0 Å². The summed E-state index contributed by atoms with van der Waals surface area (Å²) in [7, 11) is 0. The third kappa shape index (κ3) is 2.92. The predicted molar refractivity (Wildman–Crippen MR) is 102 cm³/mol. The highest BCUT2D eigenvalue weighted by Crippen LogP contribution is 2.34. The minimum Gasteiger partial charge on any atom is -0.289 e. The minimum absolute atomic E-state index is 0.00978. The SMILES string of the molecule is Fc1ccc(-c2cnc(-c3ccsc3)n2-c2cccc(Cl)c2F)cc1Cl. The van der Waals surface area contributed by atoms with Crippen molar-refractivity contribution < 1.29 is 8.78 Å². The van der Waals surface area contributed by atoms with Crippen LogP contribution in [0.3, 0.4) is 0 Å². The van der Waals surface area contributed by atoms with Gasteiger partial charge in [-0.25, -0.2) is 13.8 Å². The van der Waals surface area contributed by atoms with Crippen molar-refractivity contribution in [2.75, 3.05) is 0 Å². The summed E-state index contributed by atoms with van der Waals surface area (Å²) < 4.78 is 30.0. The van der Waals surface area contributed by atoms with Crippen molar-refractivity contribution in [3.63, 3.8) is 0 Å². The second-order valence-corrected chi connectivity index (χ2v) is 7.11. The fraction of sp³-hybridized carbons (Fsp3) is 0. The van der Waals surface area contributed by atoms with Crippen LogP contribution in [0.4, 0.5) is 8.78 Å². The van der Waals surface area contributed by atoms with E-state index in [0.717, 1.165) is 5.56 Å². The maximum Gasteiger partial charge on any atom is 0.165 e. The first-order valence-corrected chi connectivity index (χ1v) is 9.26. The predicted octanol–water partition coefficient (Wildman–Crippen LogP) is 6.85. The highest BCUT2D eigenvalue weighted by Gasteiger charge is 2.19. The molecular weight excluding hydrogens is 397 g/mol. The molecule has 130 valence electrons. The fourth-order valence-electron chi connectivity index (χ4n) is 2.72. The summed E-state index contributed by atoms with van der Waals surface area (Å²) >= 11 is 13.4. The minimum atomic E-state index is -0.557. The summed E-state index contributed by atoms with van der Waals surface area (Å²) in [5.74, 6) is -0.519. The molecule has 0 aliphatic rings. The molecule has 0 N–H and O–H groups in total. The zero-order valence-corrected chi connectivity index (χ0v) is 15.4.